The Balaban J connectivity index is 1.99. The largest absolute Gasteiger partial charge is 0.478 e. The summed E-state index contributed by atoms with van der Waals surface area (Å²) in [5.74, 6) is -1.47. The number of carbonyl (C=O) groups excluding carboxylic acids is 1. The van der Waals surface area contributed by atoms with Gasteiger partial charge in [-0.25, -0.2) is 4.79 Å². The van der Waals surface area contributed by atoms with E-state index in [9.17, 15) is 14.7 Å². The highest BCUT2D eigenvalue weighted by molar-refractivity contribution is 7.99. The van der Waals surface area contributed by atoms with Crippen LogP contribution in [0.3, 0.4) is 0 Å². The van der Waals surface area contributed by atoms with Gasteiger partial charge in [-0.3, -0.25) is 4.79 Å². The second-order valence-electron chi connectivity index (χ2n) is 6.43. The van der Waals surface area contributed by atoms with Crippen molar-refractivity contribution in [1.82, 2.24) is 0 Å². The molecule has 0 atom stereocenters. The second kappa shape index (κ2) is 8.91. The van der Waals surface area contributed by atoms with Gasteiger partial charge in [0.2, 0.25) is 0 Å². The summed E-state index contributed by atoms with van der Waals surface area (Å²) in [6, 6.07) is 16.9. The van der Waals surface area contributed by atoms with Crippen LogP contribution in [0.15, 0.2) is 70.5 Å². The molecule has 29 heavy (non-hydrogen) atoms. The predicted octanol–water partition coefficient (Wildman–Crippen LogP) is 6.14. The molecule has 148 valence electrons. The smallest absolute Gasteiger partial charge is 0.336 e. The Morgan fingerprint density at radius 3 is 2.21 bits per heavy atom. The van der Waals surface area contributed by atoms with Crippen molar-refractivity contribution >= 4 is 52.4 Å². The number of aromatic carboxylic acids is 1. The molecule has 0 saturated carbocycles. The third kappa shape index (κ3) is 4.75. The minimum atomic E-state index is -1.13. The fourth-order valence-electron chi connectivity index (χ4n) is 2.78. The first kappa shape index (κ1) is 21.2. The van der Waals surface area contributed by atoms with Gasteiger partial charge in [-0.1, -0.05) is 53.2 Å². The van der Waals surface area contributed by atoms with Gasteiger partial charge < -0.3 is 10.0 Å². The van der Waals surface area contributed by atoms with Crippen molar-refractivity contribution in [3.63, 3.8) is 0 Å². The summed E-state index contributed by atoms with van der Waals surface area (Å²) in [4.78, 5) is 28.2. The van der Waals surface area contributed by atoms with E-state index in [4.69, 9.17) is 23.2 Å². The van der Waals surface area contributed by atoms with Gasteiger partial charge >= 0.3 is 5.97 Å². The molecule has 0 aromatic heterocycles. The summed E-state index contributed by atoms with van der Waals surface area (Å²) in [6.07, 6.45) is 0. The lowest BCUT2D eigenvalue weighted by atomic mass is 9.98. The molecule has 0 spiro atoms. The fraction of sp³-hybridized carbons (Fsp3) is 0.0909. The standard InChI is InChI=1S/C22H17Cl2NO3S/c1-25(2)19-11-13(21(26)15-5-3-4-6-16(15)22(27)28)7-10-20(19)29-14-8-9-17(23)18(24)12-14/h3-12H,1-2H3,(H,27,28). The van der Waals surface area contributed by atoms with Crippen LogP contribution >= 0.6 is 35.0 Å². The molecule has 0 radical (unpaired) electrons. The van der Waals surface area contributed by atoms with E-state index in [0.29, 0.717) is 15.6 Å². The maximum absolute atomic E-state index is 13.0. The molecular weight excluding hydrogens is 429 g/mol. The topological polar surface area (TPSA) is 57.6 Å². The van der Waals surface area contributed by atoms with Crippen LogP contribution in [0, 0.1) is 0 Å². The lowest BCUT2D eigenvalue weighted by Gasteiger charge is -2.18. The van der Waals surface area contributed by atoms with Crippen molar-refractivity contribution in [2.45, 2.75) is 9.79 Å². The highest BCUT2D eigenvalue weighted by atomic mass is 35.5. The average Bonchev–Trinajstić information content (AvgIpc) is 2.70. The normalized spacial score (nSPS) is 10.6. The molecule has 3 rings (SSSR count). The summed E-state index contributed by atoms with van der Waals surface area (Å²) in [7, 11) is 3.77. The molecule has 0 fully saturated rings. The van der Waals surface area contributed by atoms with Gasteiger partial charge in [0, 0.05) is 35.0 Å². The number of benzene rings is 3. The van der Waals surface area contributed by atoms with E-state index in [0.717, 1.165) is 15.5 Å². The number of halogens is 2. The van der Waals surface area contributed by atoms with Crippen molar-refractivity contribution in [1.29, 1.82) is 0 Å². The molecule has 0 heterocycles. The van der Waals surface area contributed by atoms with Crippen LogP contribution in [-0.2, 0) is 0 Å². The van der Waals surface area contributed by atoms with E-state index in [1.54, 1.807) is 36.4 Å². The van der Waals surface area contributed by atoms with Crippen molar-refractivity contribution in [2.75, 3.05) is 19.0 Å². The zero-order valence-corrected chi connectivity index (χ0v) is 18.0. The second-order valence-corrected chi connectivity index (χ2v) is 8.36. The number of carboxylic acids is 1. The Kier molecular flexibility index (Phi) is 6.52. The van der Waals surface area contributed by atoms with E-state index in [2.05, 4.69) is 0 Å². The SMILES string of the molecule is CN(C)c1cc(C(=O)c2ccccc2C(=O)O)ccc1Sc1ccc(Cl)c(Cl)c1. The maximum atomic E-state index is 13.0. The molecule has 0 amide bonds. The van der Waals surface area contributed by atoms with Crippen molar-refractivity contribution in [2.24, 2.45) is 0 Å². The molecule has 4 nitrogen and oxygen atoms in total. The molecule has 0 aliphatic carbocycles. The molecule has 1 N–H and O–H groups in total. The minimum absolute atomic E-state index is 0.0156. The van der Waals surface area contributed by atoms with Gasteiger partial charge in [0.05, 0.1) is 21.3 Å². The zero-order valence-electron chi connectivity index (χ0n) is 15.6. The van der Waals surface area contributed by atoms with E-state index < -0.39 is 5.97 Å². The van der Waals surface area contributed by atoms with E-state index >= 15 is 0 Å². The number of hydrogen-bond acceptors (Lipinski definition) is 4. The number of ketones is 1. The van der Waals surface area contributed by atoms with Crippen molar-refractivity contribution < 1.29 is 14.7 Å². The third-order valence-electron chi connectivity index (χ3n) is 4.22. The number of rotatable bonds is 6. The van der Waals surface area contributed by atoms with Crippen LogP contribution in [0.25, 0.3) is 0 Å². The van der Waals surface area contributed by atoms with Gasteiger partial charge in [-0.05, 0) is 42.5 Å². The Morgan fingerprint density at radius 2 is 1.59 bits per heavy atom. The lowest BCUT2D eigenvalue weighted by Crippen LogP contribution is -2.13. The molecule has 7 heteroatoms. The first-order chi connectivity index (χ1) is 13.8. The van der Waals surface area contributed by atoms with Crippen LogP contribution in [0.2, 0.25) is 10.0 Å². The highest BCUT2D eigenvalue weighted by Crippen LogP contribution is 2.38. The zero-order chi connectivity index (χ0) is 21.1. The molecule has 3 aromatic rings. The monoisotopic (exact) mass is 445 g/mol. The Morgan fingerprint density at radius 1 is 0.897 bits per heavy atom. The van der Waals surface area contributed by atoms with Crippen molar-refractivity contribution in [3.8, 4) is 0 Å². The lowest BCUT2D eigenvalue weighted by molar-refractivity contribution is 0.0693. The first-order valence-electron chi connectivity index (χ1n) is 8.59. The van der Waals surface area contributed by atoms with Crippen LogP contribution in [0.4, 0.5) is 5.69 Å². The summed E-state index contributed by atoms with van der Waals surface area (Å²) < 4.78 is 0. The molecular formula is C22H17Cl2NO3S. The predicted molar refractivity (Wildman–Crippen MR) is 118 cm³/mol. The Labute approximate surface area is 183 Å². The number of carboxylic acid groups (broad SMARTS) is 1. The summed E-state index contributed by atoms with van der Waals surface area (Å²) in [5, 5.41) is 10.3. The highest BCUT2D eigenvalue weighted by Gasteiger charge is 2.19. The Bertz CT molecular complexity index is 1100. The van der Waals surface area contributed by atoms with Crippen molar-refractivity contribution in [3.05, 3.63) is 87.4 Å². The van der Waals surface area contributed by atoms with E-state index in [1.165, 1.54) is 23.9 Å². The van der Waals surface area contributed by atoms with Gasteiger partial charge in [0.25, 0.3) is 0 Å². The molecule has 0 bridgehead atoms. The number of carbonyl (C=O) groups is 2. The number of anilines is 1. The summed E-state index contributed by atoms with van der Waals surface area (Å²) >= 11 is 13.6. The first-order valence-corrected chi connectivity index (χ1v) is 10.2. The van der Waals surface area contributed by atoms with Crippen LogP contribution in [0.5, 0.6) is 0 Å². The van der Waals surface area contributed by atoms with Gasteiger partial charge in [-0.2, -0.15) is 0 Å². The molecule has 3 aromatic carbocycles. The minimum Gasteiger partial charge on any atom is -0.478 e. The molecule has 0 aliphatic rings. The van der Waals surface area contributed by atoms with E-state index in [1.807, 2.05) is 31.1 Å². The quantitative estimate of drug-likeness (QED) is 0.461. The molecule has 0 saturated heterocycles. The molecule has 0 unspecified atom stereocenters. The van der Waals surface area contributed by atoms with E-state index in [-0.39, 0.29) is 16.9 Å². The van der Waals surface area contributed by atoms with Crippen LogP contribution < -0.4 is 4.90 Å². The van der Waals surface area contributed by atoms with Gasteiger partial charge in [0.15, 0.2) is 5.78 Å². The third-order valence-corrected chi connectivity index (χ3v) is 6.02. The summed E-state index contributed by atoms with van der Waals surface area (Å²) in [6.45, 7) is 0. The summed E-state index contributed by atoms with van der Waals surface area (Å²) in [5.41, 5.74) is 1.40. The van der Waals surface area contributed by atoms with Gasteiger partial charge in [0.1, 0.15) is 0 Å². The Hall–Kier alpha value is -2.47. The number of hydrogen-bond donors (Lipinski definition) is 1. The molecule has 0 aliphatic heterocycles. The maximum Gasteiger partial charge on any atom is 0.336 e. The fourth-order valence-corrected chi connectivity index (χ4v) is 4.20. The van der Waals surface area contributed by atoms with Gasteiger partial charge in [-0.15, -0.1) is 0 Å². The average molecular weight is 446 g/mol. The van der Waals surface area contributed by atoms with Crippen LogP contribution in [-0.4, -0.2) is 31.0 Å². The van der Waals surface area contributed by atoms with Crippen LogP contribution in [0.1, 0.15) is 26.3 Å². The number of nitrogens with zero attached hydrogens (tertiary/aromatic N) is 1.